The molecule has 0 fully saturated rings. The highest BCUT2D eigenvalue weighted by atomic mass is 28.4. The average Bonchev–Trinajstić information content (AvgIpc) is 3.35. The van der Waals surface area contributed by atoms with Gasteiger partial charge in [-0.15, -0.1) is 5.10 Å². The molecule has 0 atom stereocenters. The normalized spacial score (nSPS) is 11.9. The third-order valence-corrected chi connectivity index (χ3v) is 6.91. The van der Waals surface area contributed by atoms with Gasteiger partial charge in [0.1, 0.15) is 29.1 Å². The third-order valence-electron chi connectivity index (χ3n) is 4.84. The Hall–Kier alpha value is -3.99. The molecule has 150 valence electrons. The number of hydrogen-bond donors (Lipinski definition) is 3. The topological polar surface area (TPSA) is 141 Å². The van der Waals surface area contributed by atoms with Gasteiger partial charge in [-0.25, -0.2) is 14.3 Å². The Morgan fingerprint density at radius 3 is 2.83 bits per heavy atom. The maximum Gasteiger partial charge on any atom is 0.377 e. The molecule has 0 aliphatic rings. The first-order valence-corrected chi connectivity index (χ1v) is 12.1. The van der Waals surface area contributed by atoms with Crippen molar-refractivity contribution >= 4 is 36.4 Å². The molecule has 2 aromatic carbocycles. The molecule has 0 saturated heterocycles. The molecule has 3 aromatic heterocycles. The molecule has 0 spiro atoms. The monoisotopic (exact) mass is 418 g/mol. The van der Waals surface area contributed by atoms with Gasteiger partial charge in [0.15, 0.2) is 11.4 Å². The molecular formula is C19H18N8O2Si. The van der Waals surface area contributed by atoms with Crippen LogP contribution >= 0.6 is 0 Å². The van der Waals surface area contributed by atoms with Crippen molar-refractivity contribution in [2.45, 2.75) is 13.1 Å². The summed E-state index contributed by atoms with van der Waals surface area (Å²) in [7, 11) is -2.63. The minimum atomic E-state index is -2.63. The molecule has 10 nitrogen and oxygen atoms in total. The Bertz CT molecular complexity index is 1390. The quantitative estimate of drug-likeness (QED) is 0.378. The maximum atomic E-state index is 10.4. The molecule has 0 radical (unpaired) electrons. The van der Waals surface area contributed by atoms with E-state index in [0.717, 1.165) is 11.0 Å². The lowest BCUT2D eigenvalue weighted by atomic mass is 10.1. The van der Waals surface area contributed by atoms with Gasteiger partial charge in [-0.1, -0.05) is 17.3 Å². The number of nitrogen functional groups attached to an aromatic ring is 1. The smallest absolute Gasteiger partial charge is 0.377 e. The molecule has 3 heterocycles. The summed E-state index contributed by atoms with van der Waals surface area (Å²) in [4.78, 5) is 8.19. The molecule has 0 saturated carbocycles. The van der Waals surface area contributed by atoms with Crippen molar-refractivity contribution in [3.05, 3.63) is 48.8 Å². The van der Waals surface area contributed by atoms with Crippen molar-refractivity contribution in [2.24, 2.45) is 0 Å². The maximum absolute atomic E-state index is 10.4. The van der Waals surface area contributed by atoms with Crippen molar-refractivity contribution in [1.82, 2.24) is 34.8 Å². The molecule has 4 N–H and O–H groups in total. The van der Waals surface area contributed by atoms with Crippen LogP contribution in [0.15, 0.2) is 48.8 Å². The van der Waals surface area contributed by atoms with Crippen molar-refractivity contribution in [2.75, 3.05) is 5.73 Å². The molecule has 0 aliphatic carbocycles. The van der Waals surface area contributed by atoms with Crippen LogP contribution in [0.1, 0.15) is 0 Å². The van der Waals surface area contributed by atoms with Crippen LogP contribution in [0.2, 0.25) is 13.1 Å². The van der Waals surface area contributed by atoms with Gasteiger partial charge in [0.25, 0.3) is 0 Å². The number of nitrogens with two attached hydrogens (primary N) is 1. The molecule has 0 amide bonds. The van der Waals surface area contributed by atoms with E-state index in [2.05, 4.69) is 30.5 Å². The van der Waals surface area contributed by atoms with Crippen molar-refractivity contribution in [1.29, 1.82) is 0 Å². The van der Waals surface area contributed by atoms with Crippen LogP contribution in [-0.4, -0.2) is 48.4 Å². The number of rotatable bonds is 4. The number of nitrogens with zero attached hydrogens (tertiary/aromatic N) is 6. The largest absolute Gasteiger partial charge is 0.521 e. The molecule has 5 rings (SSSR count). The summed E-state index contributed by atoms with van der Waals surface area (Å²) < 4.78 is 8.12. The lowest BCUT2D eigenvalue weighted by molar-refractivity contribution is 0.429. The van der Waals surface area contributed by atoms with E-state index in [1.165, 1.54) is 6.33 Å². The number of fused-ring (bicyclic) bond motifs is 2. The zero-order chi connectivity index (χ0) is 20.9. The summed E-state index contributed by atoms with van der Waals surface area (Å²) in [5, 5.41) is 26.7. The van der Waals surface area contributed by atoms with Gasteiger partial charge in [0.2, 0.25) is 0 Å². The summed E-state index contributed by atoms with van der Waals surface area (Å²) in [5.41, 5.74) is 9.53. The zero-order valence-corrected chi connectivity index (χ0v) is 17.2. The number of hydrogen-bond acceptors (Lipinski definition) is 8. The summed E-state index contributed by atoms with van der Waals surface area (Å²) in [6, 6.07) is 12.7. The fourth-order valence-corrected chi connectivity index (χ4v) is 5.23. The van der Waals surface area contributed by atoms with Crippen molar-refractivity contribution in [3.8, 4) is 22.8 Å². The standard InChI is InChI=1S/C19H18N8O2Si/c1-30(2,27-13-6-4-3-5-12(13)23-26-27)29-15-9-11(7-8-14(15)28)17-16-18(20)21-10-22-19(16)25-24-17/h3-10,28H,1-2H3,(H3,20,21,22,24,25). The molecular weight excluding hydrogens is 400 g/mol. The fraction of sp³-hybridized carbons (Fsp3) is 0.105. The number of anilines is 1. The Morgan fingerprint density at radius 1 is 1.13 bits per heavy atom. The first kappa shape index (κ1) is 18.1. The van der Waals surface area contributed by atoms with Crippen LogP contribution in [0.4, 0.5) is 5.82 Å². The summed E-state index contributed by atoms with van der Waals surface area (Å²) in [5.74, 6) is 0.672. The highest BCUT2D eigenvalue weighted by Gasteiger charge is 2.32. The predicted octanol–water partition coefficient (Wildman–Crippen LogP) is 2.68. The van der Waals surface area contributed by atoms with E-state index in [4.69, 9.17) is 10.2 Å². The first-order valence-electron chi connectivity index (χ1n) is 9.22. The van der Waals surface area contributed by atoms with E-state index in [-0.39, 0.29) is 5.75 Å². The third kappa shape index (κ3) is 2.83. The Labute approximate surface area is 171 Å². The van der Waals surface area contributed by atoms with E-state index >= 15 is 0 Å². The van der Waals surface area contributed by atoms with Crippen LogP contribution < -0.4 is 10.2 Å². The Kier molecular flexibility index (Phi) is 3.93. The Balaban J connectivity index is 1.57. The second kappa shape index (κ2) is 6.52. The summed E-state index contributed by atoms with van der Waals surface area (Å²) in [6.07, 6.45) is 1.38. The van der Waals surface area contributed by atoms with Crippen LogP contribution in [-0.2, 0) is 0 Å². The number of para-hydroxylation sites is 1. The molecule has 0 bridgehead atoms. The number of aromatic hydroxyl groups is 1. The highest BCUT2D eigenvalue weighted by molar-refractivity contribution is 6.70. The van der Waals surface area contributed by atoms with Gasteiger partial charge in [0, 0.05) is 5.56 Å². The van der Waals surface area contributed by atoms with Gasteiger partial charge < -0.3 is 15.3 Å². The molecule has 5 aromatic rings. The summed E-state index contributed by atoms with van der Waals surface area (Å²) >= 11 is 0. The van der Waals surface area contributed by atoms with E-state index in [0.29, 0.717) is 33.9 Å². The predicted molar refractivity (Wildman–Crippen MR) is 114 cm³/mol. The number of nitrogens with one attached hydrogen (secondary N) is 1. The lowest BCUT2D eigenvalue weighted by Gasteiger charge is -2.24. The minimum absolute atomic E-state index is 0.0211. The zero-order valence-electron chi connectivity index (χ0n) is 16.2. The van der Waals surface area contributed by atoms with Gasteiger partial charge in [-0.2, -0.15) is 5.10 Å². The van der Waals surface area contributed by atoms with Crippen molar-refractivity contribution in [3.63, 3.8) is 0 Å². The van der Waals surface area contributed by atoms with Gasteiger partial charge in [-0.05, 0) is 43.4 Å². The number of phenolic OH excluding ortho intramolecular Hbond substituents is 1. The highest BCUT2D eigenvalue weighted by Crippen LogP contribution is 2.36. The molecule has 0 aliphatic heterocycles. The van der Waals surface area contributed by atoms with E-state index < -0.39 is 8.48 Å². The second-order valence-electron chi connectivity index (χ2n) is 7.28. The van der Waals surface area contributed by atoms with Gasteiger partial charge in [0.05, 0.1) is 10.9 Å². The second-order valence-corrected chi connectivity index (χ2v) is 10.8. The SMILES string of the molecule is C[Si](C)(Oc1cc(-c2n[nH]c3ncnc(N)c23)ccc1O)n1nnc2ccccc21. The molecule has 30 heavy (non-hydrogen) atoms. The Morgan fingerprint density at radius 2 is 1.97 bits per heavy atom. The van der Waals surface area contributed by atoms with E-state index in [9.17, 15) is 5.11 Å². The summed E-state index contributed by atoms with van der Waals surface area (Å²) in [6.45, 7) is 3.96. The van der Waals surface area contributed by atoms with Gasteiger partial charge in [-0.3, -0.25) is 5.10 Å². The number of aromatic nitrogens is 7. The number of H-pyrrole nitrogens is 1. The average molecular weight is 418 g/mol. The van der Waals surface area contributed by atoms with E-state index in [1.54, 1.807) is 18.2 Å². The first-order chi connectivity index (χ1) is 14.4. The van der Waals surface area contributed by atoms with E-state index in [1.807, 2.05) is 41.7 Å². The number of benzene rings is 2. The van der Waals surface area contributed by atoms with Crippen molar-refractivity contribution < 1.29 is 9.53 Å². The number of phenols is 1. The van der Waals surface area contributed by atoms with Crippen LogP contribution in [0.3, 0.4) is 0 Å². The van der Waals surface area contributed by atoms with Crippen LogP contribution in [0.25, 0.3) is 33.3 Å². The molecule has 11 heteroatoms. The van der Waals surface area contributed by atoms with Crippen LogP contribution in [0.5, 0.6) is 11.5 Å². The lowest BCUT2D eigenvalue weighted by Crippen LogP contribution is -2.44. The molecule has 0 unspecified atom stereocenters. The van der Waals surface area contributed by atoms with Crippen LogP contribution in [0, 0.1) is 0 Å². The number of aromatic amines is 1. The fourth-order valence-electron chi connectivity index (χ4n) is 3.41. The van der Waals surface area contributed by atoms with Gasteiger partial charge >= 0.3 is 8.48 Å². The minimum Gasteiger partial charge on any atom is -0.521 e.